The van der Waals surface area contributed by atoms with E-state index in [9.17, 15) is 13.2 Å². The van der Waals surface area contributed by atoms with Crippen molar-refractivity contribution in [1.29, 1.82) is 0 Å². The smallest absolute Gasteiger partial charge is 0.258 e. The summed E-state index contributed by atoms with van der Waals surface area (Å²) in [6.45, 7) is 7.94. The highest BCUT2D eigenvalue weighted by Gasteiger charge is 2.22. The molecule has 2 aromatic carbocycles. The molecule has 6 nitrogen and oxygen atoms in total. The van der Waals surface area contributed by atoms with Crippen molar-refractivity contribution >= 4 is 31.9 Å². The van der Waals surface area contributed by atoms with Crippen LogP contribution < -0.4 is 10.1 Å². The first-order valence-electron chi connectivity index (χ1n) is 9.47. The van der Waals surface area contributed by atoms with Crippen LogP contribution in [0.2, 0.25) is 0 Å². The van der Waals surface area contributed by atoms with Crippen LogP contribution in [0.3, 0.4) is 0 Å². The molecule has 2 aromatic rings. The minimum absolute atomic E-state index is 0.151. The van der Waals surface area contributed by atoms with Gasteiger partial charge in [0, 0.05) is 17.6 Å². The number of benzene rings is 2. The van der Waals surface area contributed by atoms with Gasteiger partial charge in [0.1, 0.15) is 5.75 Å². The standard InChI is InChI=1S/C21H27BrN2O4S/c1-5-24(6-2)29(26,27)19-10-11-20(15(3)12-19)28-14-21(25)23-16(4)17-8-7-9-18(22)13-17/h7-13,16H,5-6,14H2,1-4H3,(H,23,25)/t16-/m1/s1. The minimum Gasteiger partial charge on any atom is -0.484 e. The molecule has 29 heavy (non-hydrogen) atoms. The summed E-state index contributed by atoms with van der Waals surface area (Å²) >= 11 is 3.42. The minimum atomic E-state index is -3.53. The molecule has 0 aliphatic rings. The Morgan fingerprint density at radius 1 is 1.17 bits per heavy atom. The fourth-order valence-corrected chi connectivity index (χ4v) is 4.90. The fourth-order valence-electron chi connectivity index (χ4n) is 2.94. The molecule has 8 heteroatoms. The Hall–Kier alpha value is -1.90. The number of nitrogens with zero attached hydrogens (tertiary/aromatic N) is 1. The third-order valence-electron chi connectivity index (χ3n) is 4.57. The first-order valence-corrected chi connectivity index (χ1v) is 11.7. The van der Waals surface area contributed by atoms with Gasteiger partial charge in [-0.15, -0.1) is 0 Å². The molecule has 0 heterocycles. The molecule has 1 N–H and O–H groups in total. The maximum Gasteiger partial charge on any atom is 0.258 e. The zero-order chi connectivity index (χ0) is 21.6. The molecule has 0 aliphatic carbocycles. The van der Waals surface area contributed by atoms with Crippen LogP contribution in [0, 0.1) is 6.92 Å². The largest absolute Gasteiger partial charge is 0.484 e. The van der Waals surface area contributed by atoms with E-state index in [4.69, 9.17) is 4.74 Å². The quantitative estimate of drug-likeness (QED) is 0.584. The lowest BCUT2D eigenvalue weighted by Crippen LogP contribution is -2.31. The van der Waals surface area contributed by atoms with E-state index in [1.54, 1.807) is 32.9 Å². The van der Waals surface area contributed by atoms with Gasteiger partial charge >= 0.3 is 0 Å². The summed E-state index contributed by atoms with van der Waals surface area (Å²) in [6, 6.07) is 12.2. The van der Waals surface area contributed by atoms with Gasteiger partial charge in [0.05, 0.1) is 10.9 Å². The molecule has 0 saturated carbocycles. The number of carbonyl (C=O) groups is 1. The lowest BCUT2D eigenvalue weighted by Gasteiger charge is -2.19. The van der Waals surface area contributed by atoms with E-state index < -0.39 is 10.0 Å². The Morgan fingerprint density at radius 3 is 2.45 bits per heavy atom. The molecule has 2 rings (SSSR count). The van der Waals surface area contributed by atoms with Crippen molar-refractivity contribution in [2.45, 2.75) is 38.6 Å². The number of hydrogen-bond acceptors (Lipinski definition) is 4. The zero-order valence-electron chi connectivity index (χ0n) is 17.1. The van der Waals surface area contributed by atoms with E-state index in [0.29, 0.717) is 24.4 Å². The Bertz CT molecular complexity index is 959. The maximum absolute atomic E-state index is 12.6. The van der Waals surface area contributed by atoms with Crippen molar-refractivity contribution in [3.05, 3.63) is 58.1 Å². The van der Waals surface area contributed by atoms with Crippen molar-refractivity contribution in [2.24, 2.45) is 0 Å². The first kappa shape index (κ1) is 23.4. The summed E-state index contributed by atoms with van der Waals surface area (Å²) in [7, 11) is -3.53. The van der Waals surface area contributed by atoms with Gasteiger partial charge in [0.15, 0.2) is 6.61 Å². The van der Waals surface area contributed by atoms with Crippen LogP contribution in [0.1, 0.15) is 37.9 Å². The number of halogens is 1. The summed E-state index contributed by atoms with van der Waals surface area (Å²) in [5, 5.41) is 2.89. The fraction of sp³-hybridized carbons (Fsp3) is 0.381. The first-order chi connectivity index (χ1) is 13.7. The summed E-state index contributed by atoms with van der Waals surface area (Å²) in [5.74, 6) is 0.227. The van der Waals surface area contributed by atoms with Crippen LogP contribution in [0.5, 0.6) is 5.75 Å². The lowest BCUT2D eigenvalue weighted by atomic mass is 10.1. The second-order valence-electron chi connectivity index (χ2n) is 6.65. The van der Waals surface area contributed by atoms with Gasteiger partial charge in [0.2, 0.25) is 10.0 Å². The average molecular weight is 483 g/mol. The zero-order valence-corrected chi connectivity index (χ0v) is 19.5. The summed E-state index contributed by atoms with van der Waals surface area (Å²) in [6.07, 6.45) is 0. The maximum atomic E-state index is 12.6. The van der Waals surface area contributed by atoms with Gasteiger partial charge in [-0.3, -0.25) is 4.79 Å². The number of sulfonamides is 1. The number of amides is 1. The topological polar surface area (TPSA) is 75.7 Å². The second-order valence-corrected chi connectivity index (χ2v) is 9.50. The predicted octanol–water partition coefficient (Wildman–Crippen LogP) is 4.04. The third kappa shape index (κ3) is 6.04. The molecule has 0 aliphatic heterocycles. The van der Waals surface area contributed by atoms with E-state index in [1.807, 2.05) is 31.2 Å². The Labute approximate surface area is 181 Å². The molecule has 1 atom stereocenters. The van der Waals surface area contributed by atoms with Crippen LogP contribution >= 0.6 is 15.9 Å². The molecule has 0 aromatic heterocycles. The summed E-state index contributed by atoms with van der Waals surface area (Å²) in [5.41, 5.74) is 1.64. The number of aryl methyl sites for hydroxylation is 1. The highest BCUT2D eigenvalue weighted by atomic mass is 79.9. The van der Waals surface area contributed by atoms with Crippen molar-refractivity contribution in [1.82, 2.24) is 9.62 Å². The second kappa shape index (κ2) is 10.2. The third-order valence-corrected chi connectivity index (χ3v) is 7.11. The van der Waals surface area contributed by atoms with Crippen LogP contribution in [0.25, 0.3) is 0 Å². The summed E-state index contributed by atoms with van der Waals surface area (Å²) in [4.78, 5) is 12.5. The number of nitrogens with one attached hydrogen (secondary N) is 1. The van der Waals surface area contributed by atoms with Gasteiger partial charge in [0.25, 0.3) is 5.91 Å². The monoisotopic (exact) mass is 482 g/mol. The molecule has 0 saturated heterocycles. The van der Waals surface area contributed by atoms with Gasteiger partial charge < -0.3 is 10.1 Å². The van der Waals surface area contributed by atoms with E-state index in [1.165, 1.54) is 10.4 Å². The molecule has 0 fully saturated rings. The van der Waals surface area contributed by atoms with Crippen molar-refractivity contribution in [2.75, 3.05) is 19.7 Å². The Balaban J connectivity index is 2.01. The van der Waals surface area contributed by atoms with E-state index in [-0.39, 0.29) is 23.5 Å². The van der Waals surface area contributed by atoms with E-state index >= 15 is 0 Å². The molecular formula is C21H27BrN2O4S. The Kier molecular flexibility index (Phi) is 8.24. The number of hydrogen-bond donors (Lipinski definition) is 1. The van der Waals surface area contributed by atoms with Gasteiger partial charge in [-0.1, -0.05) is 41.9 Å². The van der Waals surface area contributed by atoms with E-state index in [0.717, 1.165) is 10.0 Å². The van der Waals surface area contributed by atoms with Crippen molar-refractivity contribution < 1.29 is 17.9 Å². The van der Waals surface area contributed by atoms with Crippen molar-refractivity contribution in [3.8, 4) is 5.75 Å². The van der Waals surface area contributed by atoms with Crippen LogP contribution in [0.4, 0.5) is 0 Å². The lowest BCUT2D eigenvalue weighted by molar-refractivity contribution is -0.123. The molecule has 0 radical (unpaired) electrons. The molecule has 0 bridgehead atoms. The molecular weight excluding hydrogens is 456 g/mol. The number of rotatable bonds is 9. The van der Waals surface area contributed by atoms with Crippen molar-refractivity contribution in [3.63, 3.8) is 0 Å². The SMILES string of the molecule is CCN(CC)S(=O)(=O)c1ccc(OCC(=O)N[C@H](C)c2cccc(Br)c2)c(C)c1. The molecule has 0 spiro atoms. The van der Waals surface area contributed by atoms with Crippen LogP contribution in [-0.2, 0) is 14.8 Å². The highest BCUT2D eigenvalue weighted by molar-refractivity contribution is 9.10. The normalized spacial score (nSPS) is 12.6. The average Bonchev–Trinajstić information content (AvgIpc) is 2.67. The van der Waals surface area contributed by atoms with Crippen LogP contribution in [-0.4, -0.2) is 38.3 Å². The Morgan fingerprint density at radius 2 is 1.86 bits per heavy atom. The van der Waals surface area contributed by atoms with Gasteiger partial charge in [-0.2, -0.15) is 4.31 Å². The van der Waals surface area contributed by atoms with E-state index in [2.05, 4.69) is 21.2 Å². The summed E-state index contributed by atoms with van der Waals surface area (Å²) < 4.78 is 33.2. The van der Waals surface area contributed by atoms with Gasteiger partial charge in [-0.25, -0.2) is 8.42 Å². The number of ether oxygens (including phenoxy) is 1. The number of carbonyl (C=O) groups excluding carboxylic acids is 1. The highest BCUT2D eigenvalue weighted by Crippen LogP contribution is 2.24. The van der Waals surface area contributed by atoms with Crippen LogP contribution in [0.15, 0.2) is 51.8 Å². The molecule has 0 unspecified atom stereocenters. The predicted molar refractivity (Wildman–Crippen MR) is 117 cm³/mol. The van der Waals surface area contributed by atoms with Gasteiger partial charge in [-0.05, 0) is 55.3 Å². The molecule has 158 valence electrons. The molecule has 1 amide bonds.